The first kappa shape index (κ1) is 29.1. The summed E-state index contributed by atoms with van der Waals surface area (Å²) in [4.78, 5) is 17.3. The van der Waals surface area contributed by atoms with Crippen LogP contribution in [0.4, 0.5) is 17.1 Å². The van der Waals surface area contributed by atoms with Crippen LogP contribution in [-0.2, 0) is 16.1 Å². The van der Waals surface area contributed by atoms with Crippen LogP contribution in [0.15, 0.2) is 96.1 Å². The number of hydrazone groups is 1. The van der Waals surface area contributed by atoms with E-state index in [1.165, 1.54) is 6.92 Å². The quantitative estimate of drug-likeness (QED) is 0.203. The monoisotopic (exact) mass is 614 g/mol. The van der Waals surface area contributed by atoms with E-state index >= 15 is 0 Å². The van der Waals surface area contributed by atoms with E-state index in [1.807, 2.05) is 108 Å². The minimum atomic E-state index is -0.533. The number of morpholine rings is 1. The number of amidine groups is 1. The van der Waals surface area contributed by atoms with Crippen LogP contribution in [0.1, 0.15) is 29.8 Å². The molecule has 7 nitrogen and oxygen atoms in total. The summed E-state index contributed by atoms with van der Waals surface area (Å²) in [6, 6.07) is 29.4. The van der Waals surface area contributed by atoms with E-state index in [9.17, 15) is 4.79 Å². The standard InChI is InChI=1S/C34H32Cl2N4O3/c1-23-11-13-26(14-12-23)40-34(28-8-4-6-10-32(28)43-22-25-7-3-5-9-29(25)35)39(33(37-40)24(2)41)27-15-16-31(30(36)21-27)38-17-19-42-20-18-38/h3-16,21,34H,17-20,22H2,1-2H3/t34-/m0/s1. The summed E-state index contributed by atoms with van der Waals surface area (Å²) in [6.45, 7) is 6.71. The fraction of sp³-hybridized carbons (Fsp3) is 0.235. The lowest BCUT2D eigenvalue weighted by Crippen LogP contribution is -2.38. The van der Waals surface area contributed by atoms with E-state index in [4.69, 9.17) is 37.8 Å². The second-order valence-corrected chi connectivity index (χ2v) is 11.4. The highest BCUT2D eigenvalue weighted by Gasteiger charge is 2.41. The highest BCUT2D eigenvalue weighted by Crippen LogP contribution is 2.44. The number of ketones is 1. The third kappa shape index (κ3) is 6.07. The zero-order chi connectivity index (χ0) is 29.9. The van der Waals surface area contributed by atoms with E-state index in [0.717, 1.165) is 46.8 Å². The Morgan fingerprint density at radius 2 is 1.60 bits per heavy atom. The molecule has 0 N–H and O–H groups in total. The first-order valence-electron chi connectivity index (χ1n) is 14.2. The fourth-order valence-electron chi connectivity index (χ4n) is 5.40. The maximum absolute atomic E-state index is 13.2. The van der Waals surface area contributed by atoms with Crippen LogP contribution < -0.4 is 19.5 Å². The van der Waals surface area contributed by atoms with Gasteiger partial charge in [0.1, 0.15) is 12.4 Å². The van der Waals surface area contributed by atoms with Gasteiger partial charge in [-0.25, -0.2) is 5.01 Å². The zero-order valence-electron chi connectivity index (χ0n) is 24.0. The number of Topliss-reactive ketones (excluding diaryl/α,β-unsaturated/α-hetero) is 1. The van der Waals surface area contributed by atoms with Crippen LogP contribution in [0.5, 0.6) is 5.75 Å². The lowest BCUT2D eigenvalue weighted by atomic mass is 10.1. The van der Waals surface area contributed by atoms with E-state index < -0.39 is 6.17 Å². The van der Waals surface area contributed by atoms with E-state index in [0.29, 0.717) is 34.8 Å². The average Bonchev–Trinajstić information content (AvgIpc) is 3.42. The van der Waals surface area contributed by atoms with Gasteiger partial charge in [0.05, 0.1) is 29.6 Å². The van der Waals surface area contributed by atoms with Crippen molar-refractivity contribution in [2.75, 3.05) is 41.1 Å². The predicted octanol–water partition coefficient (Wildman–Crippen LogP) is 7.65. The number of para-hydroxylation sites is 1. The van der Waals surface area contributed by atoms with Crippen molar-refractivity contribution in [2.24, 2.45) is 5.10 Å². The van der Waals surface area contributed by atoms with Crippen molar-refractivity contribution in [3.05, 3.63) is 118 Å². The van der Waals surface area contributed by atoms with Gasteiger partial charge in [0.25, 0.3) is 0 Å². The minimum absolute atomic E-state index is 0.164. The maximum atomic E-state index is 13.2. The van der Waals surface area contributed by atoms with Gasteiger partial charge in [0.2, 0.25) is 0 Å². The molecule has 4 aromatic rings. The molecule has 0 aliphatic carbocycles. The van der Waals surface area contributed by atoms with Gasteiger partial charge in [-0.2, -0.15) is 0 Å². The number of halogens is 2. The topological polar surface area (TPSA) is 57.6 Å². The van der Waals surface area contributed by atoms with Crippen molar-refractivity contribution in [1.29, 1.82) is 0 Å². The predicted molar refractivity (Wildman–Crippen MR) is 174 cm³/mol. The van der Waals surface area contributed by atoms with Crippen molar-refractivity contribution in [1.82, 2.24) is 0 Å². The molecule has 4 aromatic carbocycles. The summed E-state index contributed by atoms with van der Waals surface area (Å²) in [6.07, 6.45) is -0.533. The van der Waals surface area contributed by atoms with Crippen LogP contribution in [-0.4, -0.2) is 37.9 Å². The molecular weight excluding hydrogens is 583 g/mol. The second kappa shape index (κ2) is 12.7. The molecule has 43 heavy (non-hydrogen) atoms. The number of aryl methyl sites for hydroxylation is 1. The molecule has 2 heterocycles. The molecule has 0 radical (unpaired) electrons. The third-order valence-electron chi connectivity index (χ3n) is 7.62. The molecule has 1 saturated heterocycles. The molecule has 2 aliphatic heterocycles. The van der Waals surface area contributed by atoms with Crippen molar-refractivity contribution in [3.63, 3.8) is 0 Å². The Labute approximate surface area is 261 Å². The van der Waals surface area contributed by atoms with E-state index in [-0.39, 0.29) is 12.4 Å². The Morgan fingerprint density at radius 1 is 0.907 bits per heavy atom. The third-order valence-corrected chi connectivity index (χ3v) is 8.29. The lowest BCUT2D eigenvalue weighted by Gasteiger charge is -2.34. The van der Waals surface area contributed by atoms with Crippen molar-refractivity contribution in [2.45, 2.75) is 26.6 Å². The number of anilines is 3. The highest BCUT2D eigenvalue weighted by molar-refractivity contribution is 6.44. The largest absolute Gasteiger partial charge is 0.488 e. The van der Waals surface area contributed by atoms with Gasteiger partial charge in [-0.1, -0.05) is 77.3 Å². The van der Waals surface area contributed by atoms with Gasteiger partial charge in [0.15, 0.2) is 17.8 Å². The first-order chi connectivity index (χ1) is 20.9. The van der Waals surface area contributed by atoms with Crippen LogP contribution in [0.25, 0.3) is 0 Å². The van der Waals surface area contributed by atoms with E-state index in [1.54, 1.807) is 0 Å². The van der Waals surface area contributed by atoms with Crippen molar-refractivity contribution >= 4 is 51.9 Å². The number of hydrogen-bond acceptors (Lipinski definition) is 7. The van der Waals surface area contributed by atoms with Crippen molar-refractivity contribution < 1.29 is 14.3 Å². The highest BCUT2D eigenvalue weighted by atomic mass is 35.5. The minimum Gasteiger partial charge on any atom is -0.488 e. The number of hydrogen-bond donors (Lipinski definition) is 0. The van der Waals surface area contributed by atoms with Gasteiger partial charge >= 0.3 is 0 Å². The summed E-state index contributed by atoms with van der Waals surface area (Å²) >= 11 is 13.4. The Balaban J connectivity index is 1.44. The molecule has 6 rings (SSSR count). The number of carbonyl (C=O) groups is 1. The molecule has 1 atom stereocenters. The van der Waals surface area contributed by atoms with Gasteiger partial charge in [-0.05, 0) is 49.4 Å². The molecule has 0 spiro atoms. The summed E-state index contributed by atoms with van der Waals surface area (Å²) in [5.41, 5.74) is 5.36. The molecule has 9 heteroatoms. The van der Waals surface area contributed by atoms with Gasteiger partial charge in [0, 0.05) is 41.9 Å². The Morgan fingerprint density at radius 3 is 2.33 bits per heavy atom. The Hall–Kier alpha value is -4.04. The summed E-state index contributed by atoms with van der Waals surface area (Å²) in [5, 5.41) is 8.01. The molecule has 220 valence electrons. The van der Waals surface area contributed by atoms with Crippen molar-refractivity contribution in [3.8, 4) is 5.75 Å². The van der Waals surface area contributed by atoms with Crippen LogP contribution >= 0.6 is 23.2 Å². The SMILES string of the molecule is CC(=O)C1=NN(c2ccc(C)cc2)[C@@H](c2ccccc2OCc2ccccc2Cl)N1c1ccc(N2CCOCC2)c(Cl)c1. The smallest absolute Gasteiger partial charge is 0.198 e. The molecule has 0 saturated carbocycles. The zero-order valence-corrected chi connectivity index (χ0v) is 25.6. The maximum Gasteiger partial charge on any atom is 0.198 e. The fourth-order valence-corrected chi connectivity index (χ4v) is 5.89. The number of benzene rings is 4. The summed E-state index contributed by atoms with van der Waals surface area (Å²) in [5.74, 6) is 0.801. The van der Waals surface area contributed by atoms with Gasteiger partial charge < -0.3 is 14.4 Å². The van der Waals surface area contributed by atoms with Crippen LogP contribution in [0.2, 0.25) is 10.0 Å². The Kier molecular flexibility index (Phi) is 8.56. The van der Waals surface area contributed by atoms with Crippen LogP contribution in [0.3, 0.4) is 0 Å². The summed E-state index contributed by atoms with van der Waals surface area (Å²) in [7, 11) is 0. The number of nitrogens with zero attached hydrogens (tertiary/aromatic N) is 4. The lowest BCUT2D eigenvalue weighted by molar-refractivity contribution is -0.111. The van der Waals surface area contributed by atoms with Crippen LogP contribution in [0, 0.1) is 6.92 Å². The van der Waals surface area contributed by atoms with E-state index in [2.05, 4.69) is 4.90 Å². The molecule has 0 aromatic heterocycles. The normalized spacial score (nSPS) is 16.8. The molecule has 2 aliphatic rings. The number of ether oxygens (including phenoxy) is 2. The molecular formula is C34H32Cl2N4O3. The molecule has 0 amide bonds. The number of carbonyl (C=O) groups excluding carboxylic acids is 1. The van der Waals surface area contributed by atoms with Gasteiger partial charge in [-0.15, -0.1) is 5.10 Å². The van der Waals surface area contributed by atoms with Gasteiger partial charge in [-0.3, -0.25) is 9.69 Å². The molecule has 0 unspecified atom stereocenters. The molecule has 1 fully saturated rings. The Bertz CT molecular complexity index is 1650. The summed E-state index contributed by atoms with van der Waals surface area (Å²) < 4.78 is 11.9. The molecule has 0 bridgehead atoms. The average molecular weight is 616 g/mol. The second-order valence-electron chi connectivity index (χ2n) is 10.6. The first-order valence-corrected chi connectivity index (χ1v) is 15.0. The number of rotatable bonds is 8.